The number of hydrogen-bond acceptors (Lipinski definition) is 6. The molecule has 2 aliphatic heterocycles. The fourth-order valence-electron chi connectivity index (χ4n) is 4.28. The normalized spacial score (nSPS) is 25.4. The number of piperidine rings is 1. The highest BCUT2D eigenvalue weighted by Gasteiger charge is 2.35. The predicted octanol–water partition coefficient (Wildman–Crippen LogP) is 1.40. The van der Waals surface area contributed by atoms with Crippen molar-refractivity contribution in [3.63, 3.8) is 0 Å². The van der Waals surface area contributed by atoms with Crippen LogP contribution in [0.3, 0.4) is 0 Å². The molecule has 1 N–H and O–H groups in total. The smallest absolute Gasteiger partial charge is 0.303 e. The van der Waals surface area contributed by atoms with Gasteiger partial charge in [-0.05, 0) is 45.7 Å². The lowest BCUT2D eigenvalue weighted by Crippen LogP contribution is -2.56. The zero-order chi connectivity index (χ0) is 18.7. The van der Waals surface area contributed by atoms with E-state index in [9.17, 15) is 9.90 Å². The summed E-state index contributed by atoms with van der Waals surface area (Å²) in [4.78, 5) is 27.6. The van der Waals surface area contributed by atoms with Crippen LogP contribution in [0, 0.1) is 19.8 Å². The highest BCUT2D eigenvalue weighted by Crippen LogP contribution is 2.29. The van der Waals surface area contributed by atoms with E-state index in [1.54, 1.807) is 0 Å². The molecule has 26 heavy (non-hydrogen) atoms. The van der Waals surface area contributed by atoms with Crippen LogP contribution in [0.4, 0.5) is 5.95 Å². The molecule has 0 saturated carbocycles. The first kappa shape index (κ1) is 19.0. The van der Waals surface area contributed by atoms with Crippen molar-refractivity contribution < 1.29 is 9.90 Å². The van der Waals surface area contributed by atoms with Gasteiger partial charge in [0, 0.05) is 63.1 Å². The van der Waals surface area contributed by atoms with Crippen LogP contribution in [0.2, 0.25) is 0 Å². The largest absolute Gasteiger partial charge is 0.481 e. The van der Waals surface area contributed by atoms with Gasteiger partial charge in [-0.3, -0.25) is 9.69 Å². The number of piperazine rings is 1. The summed E-state index contributed by atoms with van der Waals surface area (Å²) in [6, 6.07) is 2.45. The number of rotatable bonds is 5. The van der Waals surface area contributed by atoms with E-state index >= 15 is 0 Å². The molecule has 1 aromatic rings. The summed E-state index contributed by atoms with van der Waals surface area (Å²) < 4.78 is 0. The average molecular weight is 361 g/mol. The van der Waals surface area contributed by atoms with E-state index in [0.29, 0.717) is 18.4 Å². The second-order valence-electron chi connectivity index (χ2n) is 7.78. The Bertz CT molecular complexity index is 610. The van der Waals surface area contributed by atoms with Gasteiger partial charge in [0.15, 0.2) is 0 Å². The molecule has 1 aromatic heterocycles. The molecule has 0 bridgehead atoms. The summed E-state index contributed by atoms with van der Waals surface area (Å²) in [5, 5.41) is 9.17. The van der Waals surface area contributed by atoms with Crippen LogP contribution in [-0.4, -0.2) is 83.2 Å². The van der Waals surface area contributed by atoms with E-state index in [0.717, 1.165) is 63.0 Å². The Morgan fingerprint density at radius 3 is 2.42 bits per heavy atom. The summed E-state index contributed by atoms with van der Waals surface area (Å²) in [6.07, 6.45) is 1.99. The lowest BCUT2D eigenvalue weighted by atomic mass is 9.86. The first-order valence-electron chi connectivity index (χ1n) is 9.64. The van der Waals surface area contributed by atoms with E-state index in [1.165, 1.54) is 0 Å². The maximum absolute atomic E-state index is 11.2. The van der Waals surface area contributed by atoms with Gasteiger partial charge >= 0.3 is 5.97 Å². The molecule has 3 heterocycles. The van der Waals surface area contributed by atoms with Gasteiger partial charge in [0.1, 0.15) is 0 Å². The molecule has 0 radical (unpaired) electrons. The van der Waals surface area contributed by atoms with Crippen LogP contribution in [0.15, 0.2) is 6.07 Å². The molecule has 0 aromatic carbocycles. The Balaban J connectivity index is 1.73. The van der Waals surface area contributed by atoms with Crippen LogP contribution in [0.1, 0.15) is 30.7 Å². The van der Waals surface area contributed by atoms with E-state index in [4.69, 9.17) is 0 Å². The molecule has 3 rings (SSSR count). The zero-order valence-electron chi connectivity index (χ0n) is 16.2. The van der Waals surface area contributed by atoms with Gasteiger partial charge in [0.2, 0.25) is 5.95 Å². The number of hydrogen-bond donors (Lipinski definition) is 1. The van der Waals surface area contributed by atoms with Crippen LogP contribution < -0.4 is 4.90 Å². The van der Waals surface area contributed by atoms with Gasteiger partial charge in [-0.1, -0.05) is 0 Å². The van der Waals surface area contributed by atoms with Gasteiger partial charge in [-0.15, -0.1) is 0 Å². The van der Waals surface area contributed by atoms with Crippen molar-refractivity contribution >= 4 is 11.9 Å². The fourth-order valence-corrected chi connectivity index (χ4v) is 4.28. The number of nitrogens with zero attached hydrogens (tertiary/aromatic N) is 5. The minimum absolute atomic E-state index is 0.233. The number of aryl methyl sites for hydroxylation is 2. The molecule has 7 nitrogen and oxygen atoms in total. The second kappa shape index (κ2) is 8.31. The van der Waals surface area contributed by atoms with E-state index < -0.39 is 5.97 Å². The summed E-state index contributed by atoms with van der Waals surface area (Å²) >= 11 is 0. The van der Waals surface area contributed by atoms with Gasteiger partial charge in [-0.2, -0.15) is 0 Å². The molecule has 0 spiro atoms. The molecule has 0 amide bonds. The third-order valence-electron chi connectivity index (χ3n) is 5.68. The number of aliphatic carboxylic acids is 1. The molecule has 0 unspecified atom stereocenters. The van der Waals surface area contributed by atoms with E-state index in [-0.39, 0.29) is 6.42 Å². The Hall–Kier alpha value is -1.73. The fraction of sp³-hybridized carbons (Fsp3) is 0.737. The van der Waals surface area contributed by atoms with Crippen molar-refractivity contribution in [2.75, 3.05) is 51.2 Å². The lowest BCUT2D eigenvalue weighted by molar-refractivity contribution is -0.137. The Morgan fingerprint density at radius 1 is 1.15 bits per heavy atom. The van der Waals surface area contributed by atoms with Crippen molar-refractivity contribution in [3.8, 4) is 0 Å². The molecule has 2 aliphatic rings. The number of aromatic nitrogens is 2. The third kappa shape index (κ3) is 4.71. The molecular formula is C19H31N5O2. The number of carbonyl (C=O) groups is 1. The summed E-state index contributed by atoms with van der Waals surface area (Å²) in [5.74, 6) is 0.425. The number of likely N-dealkylation sites (N-methyl/N-ethyl adjacent to an activating group) is 1. The monoisotopic (exact) mass is 361 g/mol. The molecule has 2 saturated heterocycles. The van der Waals surface area contributed by atoms with Crippen molar-refractivity contribution in [2.45, 2.75) is 39.2 Å². The van der Waals surface area contributed by atoms with Crippen molar-refractivity contribution in [3.05, 3.63) is 17.5 Å². The number of anilines is 1. The summed E-state index contributed by atoms with van der Waals surface area (Å²) in [7, 11) is 2.17. The van der Waals surface area contributed by atoms with Gasteiger partial charge in [-0.25, -0.2) is 9.97 Å². The molecule has 7 heteroatoms. The second-order valence-corrected chi connectivity index (χ2v) is 7.78. The lowest BCUT2D eigenvalue weighted by Gasteiger charge is -2.46. The van der Waals surface area contributed by atoms with Gasteiger partial charge in [0.25, 0.3) is 0 Å². The topological polar surface area (TPSA) is 72.8 Å². The van der Waals surface area contributed by atoms with E-state index in [2.05, 4.69) is 31.7 Å². The molecule has 2 fully saturated rings. The first-order chi connectivity index (χ1) is 12.4. The highest BCUT2D eigenvalue weighted by atomic mass is 16.4. The van der Waals surface area contributed by atoms with Gasteiger partial charge < -0.3 is 14.9 Å². The first-order valence-corrected chi connectivity index (χ1v) is 9.64. The molecule has 2 atom stereocenters. The van der Waals surface area contributed by atoms with Gasteiger partial charge in [0.05, 0.1) is 0 Å². The third-order valence-corrected chi connectivity index (χ3v) is 5.68. The standard InChI is InChI=1S/C19H31N5O2/c1-14-12-15(2)21-19(20-14)24-7-6-17(16(13-24)4-5-18(25)26)23-10-8-22(3)9-11-23/h12,16-17H,4-11,13H2,1-3H3,(H,25,26)/t16-,17+/m1/s1. The van der Waals surface area contributed by atoms with E-state index in [1.807, 2.05) is 19.9 Å². The Kier molecular flexibility index (Phi) is 6.09. The minimum Gasteiger partial charge on any atom is -0.481 e. The zero-order valence-corrected chi connectivity index (χ0v) is 16.2. The van der Waals surface area contributed by atoms with Crippen LogP contribution in [-0.2, 0) is 4.79 Å². The minimum atomic E-state index is -0.707. The van der Waals surface area contributed by atoms with Crippen molar-refractivity contribution in [1.82, 2.24) is 19.8 Å². The molecule has 144 valence electrons. The van der Waals surface area contributed by atoms with Crippen LogP contribution in [0.5, 0.6) is 0 Å². The maximum atomic E-state index is 11.2. The molecule has 0 aliphatic carbocycles. The summed E-state index contributed by atoms with van der Waals surface area (Å²) in [5.41, 5.74) is 1.96. The quantitative estimate of drug-likeness (QED) is 0.850. The summed E-state index contributed by atoms with van der Waals surface area (Å²) in [6.45, 7) is 10.1. The van der Waals surface area contributed by atoms with Crippen molar-refractivity contribution in [1.29, 1.82) is 0 Å². The maximum Gasteiger partial charge on any atom is 0.303 e. The van der Waals surface area contributed by atoms with Crippen LogP contribution in [0.25, 0.3) is 0 Å². The highest BCUT2D eigenvalue weighted by molar-refractivity contribution is 5.66. The number of carboxylic acid groups (broad SMARTS) is 1. The predicted molar refractivity (Wildman–Crippen MR) is 102 cm³/mol. The Morgan fingerprint density at radius 2 is 1.81 bits per heavy atom. The SMILES string of the molecule is Cc1cc(C)nc(N2CC[C@H](N3CCN(C)CC3)[C@H](CCC(=O)O)C2)n1. The number of carboxylic acids is 1. The molecular weight excluding hydrogens is 330 g/mol. The van der Waals surface area contributed by atoms with Crippen molar-refractivity contribution in [2.24, 2.45) is 5.92 Å². The Labute approximate surface area is 156 Å². The average Bonchev–Trinajstić information content (AvgIpc) is 2.59. The van der Waals surface area contributed by atoms with Crippen LogP contribution >= 0.6 is 0 Å².